The average molecular weight is 513 g/mol. The molecule has 1 aromatic heterocycles. The molecule has 0 unspecified atom stereocenters. The third kappa shape index (κ3) is 4.29. The Bertz CT molecular complexity index is 1260. The van der Waals surface area contributed by atoms with Gasteiger partial charge in [0.05, 0.1) is 18.6 Å². The molecule has 3 aromatic rings. The number of amides is 2. The Morgan fingerprint density at radius 3 is 2.24 bits per heavy atom. The highest BCUT2D eigenvalue weighted by molar-refractivity contribution is 8.00. The third-order valence-corrected chi connectivity index (χ3v) is 10.4. The highest BCUT2D eigenvalue weighted by Gasteiger charge is 2.51. The van der Waals surface area contributed by atoms with Gasteiger partial charge in [-0.2, -0.15) is 0 Å². The average Bonchev–Trinajstić information content (AvgIpc) is 3.54. The van der Waals surface area contributed by atoms with E-state index >= 15 is 0 Å². The molecule has 2 heterocycles. The summed E-state index contributed by atoms with van der Waals surface area (Å²) in [6.07, 6.45) is 10.0. The molecule has 0 spiro atoms. The molecule has 1 N–H and O–H groups in total. The van der Waals surface area contributed by atoms with Crippen LogP contribution in [0.25, 0.3) is 0 Å². The van der Waals surface area contributed by atoms with Crippen LogP contribution in [-0.4, -0.2) is 22.5 Å². The van der Waals surface area contributed by atoms with Crippen LogP contribution in [0.15, 0.2) is 71.3 Å². The van der Waals surface area contributed by atoms with Gasteiger partial charge in [-0.25, -0.2) is 0 Å². The number of nitrogens with zero attached hydrogens (tertiary/aromatic N) is 1. The van der Waals surface area contributed by atoms with E-state index in [0.717, 1.165) is 34.8 Å². The zero-order valence-electron chi connectivity index (χ0n) is 20.9. The first-order chi connectivity index (χ1) is 18.0. The maximum Gasteiger partial charge on any atom is 0.255 e. The summed E-state index contributed by atoms with van der Waals surface area (Å²) >= 11 is 1.61. The van der Waals surface area contributed by atoms with E-state index in [1.165, 1.54) is 44.1 Å². The summed E-state index contributed by atoms with van der Waals surface area (Å²) in [5, 5.41) is 3.00. The van der Waals surface area contributed by atoms with Crippen LogP contribution in [-0.2, 0) is 16.8 Å². The fourth-order valence-electron chi connectivity index (χ4n) is 7.85. The van der Waals surface area contributed by atoms with Gasteiger partial charge in [0.15, 0.2) is 0 Å². The fourth-order valence-corrected chi connectivity index (χ4v) is 9.03. The molecule has 1 saturated heterocycles. The van der Waals surface area contributed by atoms with E-state index in [1.54, 1.807) is 18.0 Å². The Kier molecular flexibility index (Phi) is 5.69. The number of anilines is 1. The maximum atomic E-state index is 13.0. The number of furan rings is 1. The second-order valence-corrected chi connectivity index (χ2v) is 12.7. The van der Waals surface area contributed by atoms with Crippen molar-refractivity contribution in [2.24, 2.45) is 17.8 Å². The van der Waals surface area contributed by atoms with E-state index in [4.69, 9.17) is 4.42 Å². The van der Waals surface area contributed by atoms with E-state index in [0.29, 0.717) is 23.3 Å². The van der Waals surface area contributed by atoms with Crippen molar-refractivity contribution in [3.63, 3.8) is 0 Å². The minimum atomic E-state index is -0.114. The molecule has 1 aliphatic heterocycles. The molecule has 4 aliphatic carbocycles. The number of carbonyl (C=O) groups is 2. The van der Waals surface area contributed by atoms with Crippen molar-refractivity contribution < 1.29 is 14.0 Å². The van der Waals surface area contributed by atoms with Gasteiger partial charge in [-0.3, -0.25) is 9.59 Å². The second-order valence-electron chi connectivity index (χ2n) is 11.6. The lowest BCUT2D eigenvalue weighted by Crippen LogP contribution is -2.48. The minimum Gasteiger partial charge on any atom is -0.467 e. The molecule has 5 nitrogen and oxygen atoms in total. The molecule has 5 fully saturated rings. The molecule has 2 aromatic carbocycles. The first-order valence-electron chi connectivity index (χ1n) is 13.5. The van der Waals surface area contributed by atoms with E-state index in [9.17, 15) is 9.59 Å². The highest BCUT2D eigenvalue weighted by atomic mass is 32.2. The van der Waals surface area contributed by atoms with Gasteiger partial charge >= 0.3 is 0 Å². The van der Waals surface area contributed by atoms with Crippen molar-refractivity contribution in [3.05, 3.63) is 89.4 Å². The van der Waals surface area contributed by atoms with Gasteiger partial charge in [0, 0.05) is 11.3 Å². The Labute approximate surface area is 222 Å². The molecule has 4 saturated carbocycles. The number of carbonyl (C=O) groups excluding carboxylic acids is 2. The fraction of sp³-hybridized carbons (Fsp3) is 0.419. The van der Waals surface area contributed by atoms with E-state index in [-0.39, 0.29) is 17.2 Å². The Hall–Kier alpha value is -2.99. The lowest BCUT2D eigenvalue weighted by molar-refractivity contribution is -0.128. The SMILES string of the molecule is O=C(Nc1ccc(C23CC4CC(CC(C4)C2)C3)cc1)c1ccc([C@@H]2SCC(=O)N2Cc2ccco2)cc1. The molecule has 190 valence electrons. The lowest BCUT2D eigenvalue weighted by atomic mass is 9.48. The van der Waals surface area contributed by atoms with Crippen LogP contribution in [0.1, 0.15) is 71.1 Å². The number of hydrogen-bond donors (Lipinski definition) is 1. The van der Waals surface area contributed by atoms with Gasteiger partial charge in [0.2, 0.25) is 5.91 Å². The molecule has 4 bridgehead atoms. The third-order valence-electron chi connectivity index (χ3n) is 9.13. The first kappa shape index (κ1) is 23.2. The van der Waals surface area contributed by atoms with Gasteiger partial charge in [0.25, 0.3) is 5.91 Å². The Balaban J connectivity index is 1.02. The topological polar surface area (TPSA) is 62.6 Å². The van der Waals surface area contributed by atoms with Crippen molar-refractivity contribution in [2.75, 3.05) is 11.1 Å². The predicted molar refractivity (Wildman–Crippen MR) is 145 cm³/mol. The van der Waals surface area contributed by atoms with Gasteiger partial charge in [0.1, 0.15) is 11.1 Å². The van der Waals surface area contributed by atoms with Crippen LogP contribution in [0, 0.1) is 17.8 Å². The zero-order chi connectivity index (χ0) is 25.0. The summed E-state index contributed by atoms with van der Waals surface area (Å²) in [6, 6.07) is 20.0. The van der Waals surface area contributed by atoms with Gasteiger partial charge in [-0.05, 0) is 109 Å². The number of hydrogen-bond acceptors (Lipinski definition) is 4. The van der Waals surface area contributed by atoms with Crippen LogP contribution < -0.4 is 5.32 Å². The number of rotatable bonds is 6. The molecular weight excluding hydrogens is 480 g/mol. The van der Waals surface area contributed by atoms with Crippen LogP contribution >= 0.6 is 11.8 Å². The highest BCUT2D eigenvalue weighted by Crippen LogP contribution is 2.60. The van der Waals surface area contributed by atoms with E-state index in [2.05, 4.69) is 29.6 Å². The van der Waals surface area contributed by atoms with Crippen molar-refractivity contribution in [3.8, 4) is 0 Å². The molecule has 2 amide bonds. The molecule has 0 radical (unpaired) electrons. The maximum absolute atomic E-state index is 13.0. The molecule has 8 rings (SSSR count). The van der Waals surface area contributed by atoms with Gasteiger partial charge < -0.3 is 14.6 Å². The second kappa shape index (κ2) is 9.09. The van der Waals surface area contributed by atoms with Crippen LogP contribution in [0.3, 0.4) is 0 Å². The molecule has 6 heteroatoms. The van der Waals surface area contributed by atoms with Crippen LogP contribution in [0.5, 0.6) is 0 Å². The summed E-state index contributed by atoms with van der Waals surface area (Å²) < 4.78 is 5.45. The minimum absolute atomic E-state index is 0.0770. The van der Waals surface area contributed by atoms with Crippen LogP contribution in [0.4, 0.5) is 5.69 Å². The molecule has 1 atom stereocenters. The summed E-state index contributed by atoms with van der Waals surface area (Å²) in [6.45, 7) is 0.449. The summed E-state index contributed by atoms with van der Waals surface area (Å²) in [7, 11) is 0. The van der Waals surface area contributed by atoms with E-state index < -0.39 is 0 Å². The number of nitrogens with one attached hydrogen (secondary N) is 1. The Morgan fingerprint density at radius 1 is 0.946 bits per heavy atom. The van der Waals surface area contributed by atoms with E-state index in [1.807, 2.05) is 41.3 Å². The molecule has 37 heavy (non-hydrogen) atoms. The first-order valence-corrected chi connectivity index (χ1v) is 14.5. The summed E-state index contributed by atoms with van der Waals surface area (Å²) in [5.41, 5.74) is 4.30. The summed E-state index contributed by atoms with van der Waals surface area (Å²) in [5.74, 6) is 3.98. The standard InChI is InChI=1S/C31H32N2O3S/c34-28-19-37-30(33(28)18-27-2-1-11-36-27)24-5-3-23(4-6-24)29(35)32-26-9-7-25(8-10-26)31-15-20-12-21(16-31)14-22(13-20)17-31/h1-11,20-22,30H,12-19H2,(H,32,35)/t20?,21?,22?,30-,31?/m0/s1. The smallest absolute Gasteiger partial charge is 0.255 e. The van der Waals surface area contributed by atoms with Crippen LogP contribution in [0.2, 0.25) is 0 Å². The largest absolute Gasteiger partial charge is 0.467 e. The molecular formula is C31H32N2O3S. The number of thioether (sulfide) groups is 1. The Morgan fingerprint density at radius 2 is 1.62 bits per heavy atom. The monoisotopic (exact) mass is 512 g/mol. The number of benzene rings is 2. The van der Waals surface area contributed by atoms with Crippen molar-refractivity contribution in [1.29, 1.82) is 0 Å². The van der Waals surface area contributed by atoms with Gasteiger partial charge in [-0.1, -0.05) is 24.3 Å². The zero-order valence-corrected chi connectivity index (χ0v) is 21.7. The van der Waals surface area contributed by atoms with Crippen molar-refractivity contribution in [1.82, 2.24) is 4.90 Å². The summed E-state index contributed by atoms with van der Waals surface area (Å²) in [4.78, 5) is 27.3. The quantitative estimate of drug-likeness (QED) is 0.396. The van der Waals surface area contributed by atoms with Crippen molar-refractivity contribution >= 4 is 29.3 Å². The normalized spacial score (nSPS) is 30.2. The lowest BCUT2D eigenvalue weighted by Gasteiger charge is -2.57. The van der Waals surface area contributed by atoms with Crippen molar-refractivity contribution in [2.45, 2.75) is 55.9 Å². The van der Waals surface area contributed by atoms with Gasteiger partial charge in [-0.15, -0.1) is 11.8 Å². The predicted octanol–water partition coefficient (Wildman–Crippen LogP) is 6.77. The molecule has 5 aliphatic rings.